The first kappa shape index (κ1) is 21.7. The molecule has 0 aliphatic carbocycles. The predicted molar refractivity (Wildman–Crippen MR) is 127 cm³/mol. The lowest BCUT2D eigenvalue weighted by atomic mass is 10.0. The fraction of sp³-hybridized carbons (Fsp3) is 0.0400. The number of halogens is 2. The maximum absolute atomic E-state index is 12.6. The Bertz CT molecular complexity index is 1380. The molecule has 5 nitrogen and oxygen atoms in total. The Morgan fingerprint density at radius 1 is 1.06 bits per heavy atom. The number of ether oxygens (including phenoxy) is 2. The van der Waals surface area contributed by atoms with E-state index < -0.39 is 5.97 Å². The SMILES string of the molecule is COc1cc(/C=C(\C#N)c2ccc(Cl)cc2)ccc1OC(=O)c1cc2cc(Br)ccc2o1. The molecule has 0 atom stereocenters. The molecule has 0 amide bonds. The highest BCUT2D eigenvalue weighted by molar-refractivity contribution is 9.10. The zero-order valence-corrected chi connectivity index (χ0v) is 19.1. The van der Waals surface area contributed by atoms with Crippen molar-refractivity contribution in [1.82, 2.24) is 0 Å². The van der Waals surface area contributed by atoms with Gasteiger partial charge in [-0.05, 0) is 65.7 Å². The number of carbonyl (C=O) groups is 1. The predicted octanol–water partition coefficient (Wildman–Crippen LogP) is 7.14. The number of esters is 1. The summed E-state index contributed by atoms with van der Waals surface area (Å²) in [4.78, 5) is 12.6. The number of methoxy groups -OCH3 is 1. The monoisotopic (exact) mass is 507 g/mol. The minimum Gasteiger partial charge on any atom is -0.493 e. The van der Waals surface area contributed by atoms with E-state index in [2.05, 4.69) is 22.0 Å². The van der Waals surface area contributed by atoms with Crippen molar-refractivity contribution in [3.05, 3.63) is 93.1 Å². The summed E-state index contributed by atoms with van der Waals surface area (Å²) in [6, 6.07) is 21.3. The molecule has 158 valence electrons. The summed E-state index contributed by atoms with van der Waals surface area (Å²) in [5.74, 6) is 0.0251. The third kappa shape index (κ3) is 4.70. The topological polar surface area (TPSA) is 72.5 Å². The van der Waals surface area contributed by atoms with Gasteiger partial charge in [-0.15, -0.1) is 0 Å². The molecule has 0 fully saturated rings. The van der Waals surface area contributed by atoms with Crippen LogP contribution in [0, 0.1) is 11.3 Å². The van der Waals surface area contributed by atoms with E-state index in [9.17, 15) is 10.1 Å². The van der Waals surface area contributed by atoms with E-state index in [0.29, 0.717) is 27.5 Å². The van der Waals surface area contributed by atoms with Crippen LogP contribution in [-0.4, -0.2) is 13.1 Å². The lowest BCUT2D eigenvalue weighted by molar-refractivity contribution is 0.0699. The summed E-state index contributed by atoms with van der Waals surface area (Å²) in [7, 11) is 1.48. The fourth-order valence-corrected chi connectivity index (χ4v) is 3.60. The Labute approximate surface area is 197 Å². The highest BCUT2D eigenvalue weighted by Crippen LogP contribution is 2.31. The minimum absolute atomic E-state index is 0.0821. The fourth-order valence-electron chi connectivity index (χ4n) is 3.10. The molecule has 3 aromatic carbocycles. The maximum atomic E-state index is 12.6. The molecule has 32 heavy (non-hydrogen) atoms. The second kappa shape index (κ2) is 9.31. The Kier molecular flexibility index (Phi) is 6.31. The summed E-state index contributed by atoms with van der Waals surface area (Å²) in [5, 5.41) is 10.9. The van der Waals surface area contributed by atoms with Crippen LogP contribution in [0.15, 0.2) is 75.6 Å². The van der Waals surface area contributed by atoms with E-state index in [1.54, 1.807) is 60.7 Å². The van der Waals surface area contributed by atoms with E-state index in [1.807, 2.05) is 12.1 Å². The Morgan fingerprint density at radius 2 is 1.84 bits per heavy atom. The molecular formula is C25H15BrClNO4. The number of hydrogen-bond donors (Lipinski definition) is 0. The first-order chi connectivity index (χ1) is 15.5. The van der Waals surface area contributed by atoms with Crippen molar-refractivity contribution >= 4 is 56.1 Å². The van der Waals surface area contributed by atoms with Crippen LogP contribution in [0.1, 0.15) is 21.7 Å². The van der Waals surface area contributed by atoms with Crippen LogP contribution >= 0.6 is 27.5 Å². The van der Waals surface area contributed by atoms with Gasteiger partial charge in [0, 0.05) is 14.9 Å². The molecule has 0 spiro atoms. The second-order valence-electron chi connectivity index (χ2n) is 6.77. The van der Waals surface area contributed by atoms with E-state index in [-0.39, 0.29) is 11.5 Å². The molecule has 7 heteroatoms. The number of benzene rings is 3. The van der Waals surface area contributed by atoms with Gasteiger partial charge in [0.25, 0.3) is 0 Å². The molecule has 0 aliphatic rings. The molecule has 0 saturated heterocycles. The molecule has 4 aromatic rings. The first-order valence-electron chi connectivity index (χ1n) is 9.44. The minimum atomic E-state index is -0.641. The smallest absolute Gasteiger partial charge is 0.379 e. The van der Waals surface area contributed by atoms with Gasteiger partial charge in [0.15, 0.2) is 11.5 Å². The second-order valence-corrected chi connectivity index (χ2v) is 8.12. The van der Waals surface area contributed by atoms with Gasteiger partial charge >= 0.3 is 5.97 Å². The van der Waals surface area contributed by atoms with Crippen LogP contribution in [-0.2, 0) is 0 Å². The molecule has 0 bridgehead atoms. The number of nitrogens with zero attached hydrogens (tertiary/aromatic N) is 1. The van der Waals surface area contributed by atoms with Crippen molar-refractivity contribution < 1.29 is 18.7 Å². The summed E-state index contributed by atoms with van der Waals surface area (Å²) < 4.78 is 17.4. The summed E-state index contributed by atoms with van der Waals surface area (Å²) in [6.07, 6.45) is 1.72. The average molecular weight is 509 g/mol. The molecule has 4 rings (SSSR count). The molecule has 0 saturated carbocycles. The summed E-state index contributed by atoms with van der Waals surface area (Å²) >= 11 is 9.32. The Morgan fingerprint density at radius 3 is 2.56 bits per heavy atom. The Hall–Kier alpha value is -3.53. The van der Waals surface area contributed by atoms with E-state index >= 15 is 0 Å². The molecule has 0 radical (unpaired) electrons. The van der Waals surface area contributed by atoms with Gasteiger partial charge in [0.1, 0.15) is 5.58 Å². The van der Waals surface area contributed by atoms with E-state index in [0.717, 1.165) is 15.4 Å². The van der Waals surface area contributed by atoms with Crippen LogP contribution in [0.4, 0.5) is 0 Å². The first-order valence-corrected chi connectivity index (χ1v) is 10.6. The highest BCUT2D eigenvalue weighted by atomic mass is 79.9. The third-order valence-electron chi connectivity index (χ3n) is 4.66. The summed E-state index contributed by atoms with van der Waals surface area (Å²) in [6.45, 7) is 0. The van der Waals surface area contributed by atoms with E-state index in [4.69, 9.17) is 25.5 Å². The van der Waals surface area contributed by atoms with Gasteiger partial charge in [-0.2, -0.15) is 5.26 Å². The summed E-state index contributed by atoms with van der Waals surface area (Å²) in [5.41, 5.74) is 2.49. The number of carbonyl (C=O) groups excluding carboxylic acids is 1. The van der Waals surface area contributed by atoms with Crippen LogP contribution in [0.3, 0.4) is 0 Å². The highest BCUT2D eigenvalue weighted by Gasteiger charge is 2.17. The molecule has 0 unspecified atom stereocenters. The van der Waals surface area contributed by atoms with Crippen molar-refractivity contribution in [2.75, 3.05) is 7.11 Å². The lowest BCUT2D eigenvalue weighted by Crippen LogP contribution is -2.08. The van der Waals surface area contributed by atoms with Crippen molar-refractivity contribution in [1.29, 1.82) is 5.26 Å². The van der Waals surface area contributed by atoms with Crippen LogP contribution in [0.25, 0.3) is 22.6 Å². The van der Waals surface area contributed by atoms with Gasteiger partial charge in [-0.3, -0.25) is 0 Å². The zero-order valence-electron chi connectivity index (χ0n) is 16.8. The van der Waals surface area contributed by atoms with Gasteiger partial charge < -0.3 is 13.9 Å². The number of furan rings is 1. The molecule has 0 aliphatic heterocycles. The van der Waals surface area contributed by atoms with Gasteiger partial charge in [-0.1, -0.05) is 45.7 Å². The van der Waals surface area contributed by atoms with Gasteiger partial charge in [0.05, 0.1) is 18.8 Å². The molecule has 0 N–H and O–H groups in total. The molecule has 1 aromatic heterocycles. The van der Waals surface area contributed by atoms with Gasteiger partial charge in [-0.25, -0.2) is 4.79 Å². The van der Waals surface area contributed by atoms with Crippen LogP contribution in [0.5, 0.6) is 11.5 Å². The number of fused-ring (bicyclic) bond motifs is 1. The Balaban J connectivity index is 1.59. The van der Waals surface area contributed by atoms with Crippen LogP contribution < -0.4 is 9.47 Å². The number of hydrogen-bond acceptors (Lipinski definition) is 5. The largest absolute Gasteiger partial charge is 0.493 e. The van der Waals surface area contributed by atoms with Gasteiger partial charge in [0.2, 0.25) is 5.76 Å². The molecule has 1 heterocycles. The normalized spacial score (nSPS) is 11.2. The molecular weight excluding hydrogens is 494 g/mol. The van der Waals surface area contributed by atoms with Crippen molar-refractivity contribution in [3.8, 4) is 17.6 Å². The van der Waals surface area contributed by atoms with Crippen LogP contribution in [0.2, 0.25) is 5.02 Å². The van der Waals surface area contributed by atoms with Crippen molar-refractivity contribution in [3.63, 3.8) is 0 Å². The number of rotatable bonds is 5. The quantitative estimate of drug-likeness (QED) is 0.124. The standard InChI is InChI=1S/C25H15BrClNO4/c1-30-23-11-15(10-18(14-28)16-3-6-20(27)7-4-16)2-8-22(23)32-25(29)24-13-17-12-19(26)5-9-21(17)31-24/h2-13H,1H3/b18-10+. The van der Waals surface area contributed by atoms with E-state index in [1.165, 1.54) is 7.11 Å². The number of allylic oxidation sites excluding steroid dienone is 1. The maximum Gasteiger partial charge on any atom is 0.379 e. The van der Waals surface area contributed by atoms with Crippen molar-refractivity contribution in [2.45, 2.75) is 0 Å². The average Bonchev–Trinajstić information content (AvgIpc) is 3.22. The zero-order chi connectivity index (χ0) is 22.7. The number of nitriles is 1. The lowest BCUT2D eigenvalue weighted by Gasteiger charge is -2.09. The van der Waals surface area contributed by atoms with Crippen molar-refractivity contribution in [2.24, 2.45) is 0 Å². The third-order valence-corrected chi connectivity index (χ3v) is 5.40.